The topological polar surface area (TPSA) is 13.1 Å². The quantitative estimate of drug-likeness (QED) is 0.417. The summed E-state index contributed by atoms with van der Waals surface area (Å²) in [4.78, 5) is 0. The highest BCUT2D eigenvalue weighted by atomic mass is 35.5. The molecule has 0 radical (unpaired) electrons. The third-order valence-electron chi connectivity index (χ3n) is 3.58. The number of hydrogen-bond acceptors (Lipinski definition) is 1. The highest BCUT2D eigenvalue weighted by molar-refractivity contribution is 6.32. The molecule has 0 aliphatic rings. The molecule has 0 saturated heterocycles. The second-order valence-corrected chi connectivity index (χ2v) is 5.38. The molecule has 21 heavy (non-hydrogen) atoms. The number of para-hydroxylation sites is 1. The maximum atomic E-state index is 13.5. The maximum absolute atomic E-state index is 13.5. The number of halogens is 2. The summed E-state index contributed by atoms with van der Waals surface area (Å²) >= 11 is 6.24. The fourth-order valence-electron chi connectivity index (χ4n) is 2.66. The van der Waals surface area contributed by atoms with Crippen LogP contribution < -0.4 is 0 Å². The fourth-order valence-corrected chi connectivity index (χ4v) is 2.88. The smallest absolute Gasteiger partial charge is 0.143 e. The van der Waals surface area contributed by atoms with E-state index in [1.54, 1.807) is 12.1 Å². The van der Waals surface area contributed by atoms with Crippen molar-refractivity contribution in [1.82, 2.24) is 0 Å². The van der Waals surface area contributed by atoms with Crippen LogP contribution in [0.15, 0.2) is 65.1 Å². The molecule has 0 aliphatic heterocycles. The molecule has 0 spiro atoms. The molecule has 0 N–H and O–H groups in total. The second kappa shape index (κ2) is 4.61. The number of furan rings is 1. The van der Waals surface area contributed by atoms with Gasteiger partial charge >= 0.3 is 0 Å². The minimum atomic E-state index is -0.281. The number of fused-ring (bicyclic) bond motifs is 3. The first-order valence-electron chi connectivity index (χ1n) is 6.59. The van der Waals surface area contributed by atoms with Crippen LogP contribution in [-0.4, -0.2) is 0 Å². The lowest BCUT2D eigenvalue weighted by atomic mass is 10.0. The zero-order valence-electron chi connectivity index (χ0n) is 10.9. The van der Waals surface area contributed by atoms with Crippen LogP contribution >= 0.6 is 11.6 Å². The summed E-state index contributed by atoms with van der Waals surface area (Å²) in [7, 11) is 0. The fraction of sp³-hybridized carbons (Fsp3) is 0. The van der Waals surface area contributed by atoms with Crippen LogP contribution in [0, 0.1) is 5.82 Å². The average Bonchev–Trinajstić information content (AvgIpc) is 2.85. The molecule has 0 amide bonds. The number of rotatable bonds is 1. The van der Waals surface area contributed by atoms with Crippen LogP contribution in [0.25, 0.3) is 33.1 Å². The maximum Gasteiger partial charge on any atom is 0.143 e. The Hall–Kier alpha value is -2.32. The molecule has 1 nitrogen and oxygen atoms in total. The normalized spacial score (nSPS) is 11.3. The van der Waals surface area contributed by atoms with E-state index in [2.05, 4.69) is 0 Å². The van der Waals surface area contributed by atoms with Crippen LogP contribution in [0.1, 0.15) is 0 Å². The standard InChI is InChI=1S/C18H10ClFO/c19-12-9-15(11-4-3-5-13(20)8-11)18-16(10-12)14-6-1-2-7-17(14)21-18/h1-10H. The second-order valence-electron chi connectivity index (χ2n) is 4.94. The number of hydrogen-bond donors (Lipinski definition) is 0. The van der Waals surface area contributed by atoms with Crippen molar-refractivity contribution < 1.29 is 8.81 Å². The van der Waals surface area contributed by atoms with E-state index < -0.39 is 0 Å². The molecule has 1 heterocycles. The van der Waals surface area contributed by atoms with E-state index in [-0.39, 0.29) is 5.82 Å². The van der Waals surface area contributed by atoms with Crippen molar-refractivity contribution in [3.63, 3.8) is 0 Å². The van der Waals surface area contributed by atoms with Crippen molar-refractivity contribution in [2.75, 3.05) is 0 Å². The molecule has 1 aromatic heterocycles. The molecule has 0 aliphatic carbocycles. The van der Waals surface area contributed by atoms with Gasteiger partial charge in [0, 0.05) is 21.4 Å². The van der Waals surface area contributed by atoms with Gasteiger partial charge in [0.2, 0.25) is 0 Å². The first-order valence-corrected chi connectivity index (χ1v) is 6.97. The molecule has 0 unspecified atom stereocenters. The highest BCUT2D eigenvalue weighted by Crippen LogP contribution is 2.38. The van der Waals surface area contributed by atoms with Crippen LogP contribution in [0.2, 0.25) is 5.02 Å². The van der Waals surface area contributed by atoms with Gasteiger partial charge in [0.15, 0.2) is 0 Å². The van der Waals surface area contributed by atoms with Crippen LogP contribution in [0.5, 0.6) is 0 Å². The Morgan fingerprint density at radius 1 is 0.857 bits per heavy atom. The van der Waals surface area contributed by atoms with Crippen molar-refractivity contribution in [2.24, 2.45) is 0 Å². The SMILES string of the molecule is Fc1cccc(-c2cc(Cl)cc3c2oc2ccccc23)c1. The van der Waals surface area contributed by atoms with Gasteiger partial charge in [0.25, 0.3) is 0 Å². The van der Waals surface area contributed by atoms with Gasteiger partial charge in [-0.05, 0) is 35.9 Å². The van der Waals surface area contributed by atoms with Gasteiger partial charge in [-0.2, -0.15) is 0 Å². The largest absolute Gasteiger partial charge is 0.455 e. The first kappa shape index (κ1) is 12.4. The lowest BCUT2D eigenvalue weighted by molar-refractivity contribution is 0.628. The summed E-state index contributed by atoms with van der Waals surface area (Å²) in [6.45, 7) is 0. The molecule has 0 bridgehead atoms. The van der Waals surface area contributed by atoms with E-state index in [0.29, 0.717) is 5.02 Å². The minimum absolute atomic E-state index is 0.281. The third kappa shape index (κ3) is 1.99. The van der Waals surface area contributed by atoms with Crippen molar-refractivity contribution in [3.8, 4) is 11.1 Å². The Bertz CT molecular complexity index is 971. The Balaban J connectivity index is 2.13. The molecule has 3 heteroatoms. The summed E-state index contributed by atoms with van der Waals surface area (Å²) in [5.74, 6) is -0.281. The molecular weight excluding hydrogens is 287 g/mol. The van der Waals surface area contributed by atoms with Gasteiger partial charge in [0.05, 0.1) is 0 Å². The molecule has 0 atom stereocenters. The van der Waals surface area contributed by atoms with Crippen molar-refractivity contribution >= 4 is 33.5 Å². The summed E-state index contributed by atoms with van der Waals surface area (Å²) in [6.07, 6.45) is 0. The van der Waals surface area contributed by atoms with Gasteiger partial charge in [0.1, 0.15) is 17.0 Å². The zero-order chi connectivity index (χ0) is 14.4. The van der Waals surface area contributed by atoms with Gasteiger partial charge < -0.3 is 4.42 Å². The number of benzene rings is 3. The Labute approximate surface area is 125 Å². The Morgan fingerprint density at radius 2 is 1.71 bits per heavy atom. The van der Waals surface area contributed by atoms with E-state index in [1.807, 2.05) is 36.4 Å². The lowest BCUT2D eigenvalue weighted by Gasteiger charge is -2.04. The first-order chi connectivity index (χ1) is 10.2. The Morgan fingerprint density at radius 3 is 2.57 bits per heavy atom. The van der Waals surface area contributed by atoms with Crippen molar-refractivity contribution in [3.05, 3.63) is 71.5 Å². The monoisotopic (exact) mass is 296 g/mol. The van der Waals surface area contributed by atoms with Crippen molar-refractivity contribution in [1.29, 1.82) is 0 Å². The predicted octanol–water partition coefficient (Wildman–Crippen LogP) is 6.05. The van der Waals surface area contributed by atoms with Gasteiger partial charge in [-0.1, -0.05) is 41.9 Å². The molecule has 102 valence electrons. The molecule has 3 aromatic carbocycles. The molecule has 4 aromatic rings. The molecule has 0 fully saturated rings. The van der Waals surface area contributed by atoms with Gasteiger partial charge in [-0.15, -0.1) is 0 Å². The third-order valence-corrected chi connectivity index (χ3v) is 3.80. The van der Waals surface area contributed by atoms with Gasteiger partial charge in [-0.25, -0.2) is 4.39 Å². The summed E-state index contributed by atoms with van der Waals surface area (Å²) in [5.41, 5.74) is 3.08. The minimum Gasteiger partial charge on any atom is -0.455 e. The predicted molar refractivity (Wildman–Crippen MR) is 84.1 cm³/mol. The summed E-state index contributed by atoms with van der Waals surface area (Å²) < 4.78 is 19.4. The van der Waals surface area contributed by atoms with E-state index in [4.69, 9.17) is 16.0 Å². The molecule has 0 saturated carbocycles. The molecular formula is C18H10ClFO. The lowest BCUT2D eigenvalue weighted by Crippen LogP contribution is -1.81. The zero-order valence-corrected chi connectivity index (χ0v) is 11.7. The van der Waals surface area contributed by atoms with Crippen LogP contribution in [-0.2, 0) is 0 Å². The highest BCUT2D eigenvalue weighted by Gasteiger charge is 2.13. The van der Waals surface area contributed by atoms with E-state index in [0.717, 1.165) is 33.1 Å². The molecule has 4 rings (SSSR count). The summed E-state index contributed by atoms with van der Waals surface area (Å²) in [5, 5.41) is 2.55. The van der Waals surface area contributed by atoms with Crippen LogP contribution in [0.3, 0.4) is 0 Å². The van der Waals surface area contributed by atoms with E-state index in [9.17, 15) is 4.39 Å². The Kier molecular flexibility index (Phi) is 2.72. The summed E-state index contributed by atoms with van der Waals surface area (Å²) in [6, 6.07) is 17.9. The van der Waals surface area contributed by atoms with Gasteiger partial charge in [-0.3, -0.25) is 0 Å². The van der Waals surface area contributed by atoms with Crippen LogP contribution in [0.4, 0.5) is 4.39 Å². The average molecular weight is 297 g/mol. The van der Waals surface area contributed by atoms with Crippen molar-refractivity contribution in [2.45, 2.75) is 0 Å². The van der Waals surface area contributed by atoms with E-state index in [1.165, 1.54) is 12.1 Å². The van der Waals surface area contributed by atoms with E-state index >= 15 is 0 Å².